The van der Waals surface area contributed by atoms with Crippen LogP contribution in [0.15, 0.2) is 36.5 Å². The number of aryl methyl sites for hydroxylation is 2. The topological polar surface area (TPSA) is 34.2 Å². The standard InChI is InChI=1S/C17H22N2O/c1-4-9-18-17-15(6-5-10-19-17)12-20-16-8-7-13(2)14(3)11-16/h5-8,10-11H,4,9,12H2,1-3H3,(H,18,19). The molecule has 0 saturated heterocycles. The molecule has 20 heavy (non-hydrogen) atoms. The van der Waals surface area contributed by atoms with Crippen LogP contribution in [-0.2, 0) is 6.61 Å². The number of nitrogens with one attached hydrogen (secondary N) is 1. The second-order valence-electron chi connectivity index (χ2n) is 4.97. The van der Waals surface area contributed by atoms with Crippen molar-refractivity contribution in [1.29, 1.82) is 0 Å². The molecule has 3 nitrogen and oxygen atoms in total. The molecule has 1 aromatic carbocycles. The minimum atomic E-state index is 0.530. The van der Waals surface area contributed by atoms with Gasteiger partial charge in [-0.25, -0.2) is 4.98 Å². The largest absolute Gasteiger partial charge is 0.489 e. The first-order chi connectivity index (χ1) is 9.70. The predicted molar refractivity (Wildman–Crippen MR) is 83.3 cm³/mol. The lowest BCUT2D eigenvalue weighted by atomic mass is 10.1. The van der Waals surface area contributed by atoms with Crippen molar-refractivity contribution in [2.75, 3.05) is 11.9 Å². The Morgan fingerprint density at radius 1 is 1.15 bits per heavy atom. The average Bonchev–Trinajstić information content (AvgIpc) is 2.47. The third-order valence-corrected chi connectivity index (χ3v) is 3.31. The van der Waals surface area contributed by atoms with E-state index in [1.807, 2.05) is 18.2 Å². The summed E-state index contributed by atoms with van der Waals surface area (Å²) >= 11 is 0. The van der Waals surface area contributed by atoms with Crippen LogP contribution in [0.1, 0.15) is 30.0 Å². The summed E-state index contributed by atoms with van der Waals surface area (Å²) in [7, 11) is 0. The van der Waals surface area contributed by atoms with Crippen molar-refractivity contribution >= 4 is 5.82 Å². The van der Waals surface area contributed by atoms with Gasteiger partial charge in [-0.15, -0.1) is 0 Å². The van der Waals surface area contributed by atoms with Crippen LogP contribution in [0.2, 0.25) is 0 Å². The van der Waals surface area contributed by atoms with Gasteiger partial charge < -0.3 is 10.1 Å². The molecular formula is C17H22N2O. The highest BCUT2D eigenvalue weighted by Crippen LogP contribution is 2.19. The number of hydrogen-bond donors (Lipinski definition) is 1. The number of benzene rings is 1. The quantitative estimate of drug-likeness (QED) is 0.858. The van der Waals surface area contributed by atoms with E-state index >= 15 is 0 Å². The fourth-order valence-corrected chi connectivity index (χ4v) is 1.92. The zero-order valence-corrected chi connectivity index (χ0v) is 12.4. The van der Waals surface area contributed by atoms with Crippen molar-refractivity contribution in [1.82, 2.24) is 4.98 Å². The van der Waals surface area contributed by atoms with E-state index in [0.717, 1.165) is 30.1 Å². The van der Waals surface area contributed by atoms with E-state index in [2.05, 4.69) is 43.2 Å². The first kappa shape index (κ1) is 14.4. The third-order valence-electron chi connectivity index (χ3n) is 3.31. The fourth-order valence-electron chi connectivity index (χ4n) is 1.92. The monoisotopic (exact) mass is 270 g/mol. The first-order valence-corrected chi connectivity index (χ1v) is 7.08. The summed E-state index contributed by atoms with van der Waals surface area (Å²) in [4.78, 5) is 4.37. The molecule has 0 unspecified atom stereocenters. The Kier molecular flexibility index (Phi) is 4.99. The molecule has 3 heteroatoms. The predicted octanol–water partition coefficient (Wildman–Crippen LogP) is 4.10. The van der Waals surface area contributed by atoms with Gasteiger partial charge in [-0.3, -0.25) is 0 Å². The van der Waals surface area contributed by atoms with Crippen molar-refractivity contribution in [2.24, 2.45) is 0 Å². The van der Waals surface area contributed by atoms with Crippen LogP contribution < -0.4 is 10.1 Å². The van der Waals surface area contributed by atoms with E-state index in [9.17, 15) is 0 Å². The summed E-state index contributed by atoms with van der Waals surface area (Å²) in [6, 6.07) is 10.2. The minimum absolute atomic E-state index is 0.530. The van der Waals surface area contributed by atoms with Gasteiger partial charge in [0.1, 0.15) is 18.2 Å². The van der Waals surface area contributed by atoms with Crippen LogP contribution in [0.3, 0.4) is 0 Å². The number of aromatic nitrogens is 1. The zero-order valence-electron chi connectivity index (χ0n) is 12.4. The van der Waals surface area contributed by atoms with Crippen LogP contribution in [0.4, 0.5) is 5.82 Å². The molecule has 0 aliphatic carbocycles. The molecule has 1 heterocycles. The van der Waals surface area contributed by atoms with Gasteiger partial charge in [0.15, 0.2) is 0 Å². The Bertz CT molecular complexity index is 567. The van der Waals surface area contributed by atoms with E-state index in [4.69, 9.17) is 4.74 Å². The van der Waals surface area contributed by atoms with Gasteiger partial charge in [0.2, 0.25) is 0 Å². The second-order valence-corrected chi connectivity index (χ2v) is 4.97. The second kappa shape index (κ2) is 6.94. The van der Waals surface area contributed by atoms with Crippen molar-refractivity contribution in [3.8, 4) is 5.75 Å². The van der Waals surface area contributed by atoms with Crippen molar-refractivity contribution < 1.29 is 4.74 Å². The van der Waals surface area contributed by atoms with Gasteiger partial charge in [-0.05, 0) is 49.6 Å². The van der Waals surface area contributed by atoms with E-state index in [1.165, 1.54) is 11.1 Å². The molecule has 0 saturated carbocycles. The summed E-state index contributed by atoms with van der Waals surface area (Å²) in [6.45, 7) is 7.80. The van der Waals surface area contributed by atoms with E-state index < -0.39 is 0 Å². The highest BCUT2D eigenvalue weighted by Gasteiger charge is 2.04. The molecule has 1 aromatic heterocycles. The molecule has 0 aliphatic rings. The van der Waals surface area contributed by atoms with Gasteiger partial charge in [0.25, 0.3) is 0 Å². The molecule has 0 atom stereocenters. The third kappa shape index (κ3) is 3.73. The van der Waals surface area contributed by atoms with Crippen LogP contribution in [0, 0.1) is 13.8 Å². The molecule has 0 fully saturated rings. The van der Waals surface area contributed by atoms with Crippen LogP contribution >= 0.6 is 0 Å². The maximum absolute atomic E-state index is 5.87. The molecule has 106 valence electrons. The van der Waals surface area contributed by atoms with Crippen molar-refractivity contribution in [2.45, 2.75) is 33.8 Å². The average molecular weight is 270 g/mol. The molecule has 0 aliphatic heterocycles. The fraction of sp³-hybridized carbons (Fsp3) is 0.353. The Balaban J connectivity index is 2.04. The SMILES string of the molecule is CCCNc1ncccc1COc1ccc(C)c(C)c1. The van der Waals surface area contributed by atoms with E-state index in [-0.39, 0.29) is 0 Å². The molecule has 0 amide bonds. The Morgan fingerprint density at radius 2 is 2.00 bits per heavy atom. The van der Waals surface area contributed by atoms with Gasteiger partial charge >= 0.3 is 0 Å². The number of nitrogens with zero attached hydrogens (tertiary/aromatic N) is 1. The molecule has 0 radical (unpaired) electrons. The maximum atomic E-state index is 5.87. The van der Waals surface area contributed by atoms with Gasteiger partial charge in [0.05, 0.1) is 0 Å². The molecule has 0 spiro atoms. The Labute approximate surface area is 121 Å². The number of hydrogen-bond acceptors (Lipinski definition) is 3. The van der Waals surface area contributed by atoms with Crippen molar-refractivity contribution in [3.05, 3.63) is 53.2 Å². The summed E-state index contributed by atoms with van der Waals surface area (Å²) < 4.78 is 5.87. The lowest BCUT2D eigenvalue weighted by molar-refractivity contribution is 0.306. The van der Waals surface area contributed by atoms with Crippen LogP contribution in [0.5, 0.6) is 5.75 Å². The highest BCUT2D eigenvalue weighted by atomic mass is 16.5. The summed E-state index contributed by atoms with van der Waals surface area (Å²) in [5.41, 5.74) is 3.61. The van der Waals surface area contributed by atoms with Crippen LogP contribution in [0.25, 0.3) is 0 Å². The smallest absolute Gasteiger partial charge is 0.132 e. The minimum Gasteiger partial charge on any atom is -0.489 e. The number of ether oxygens (including phenoxy) is 1. The highest BCUT2D eigenvalue weighted by molar-refractivity contribution is 5.43. The molecule has 1 N–H and O–H groups in total. The Morgan fingerprint density at radius 3 is 2.75 bits per heavy atom. The maximum Gasteiger partial charge on any atom is 0.132 e. The number of rotatable bonds is 6. The number of anilines is 1. The molecular weight excluding hydrogens is 248 g/mol. The molecule has 2 rings (SSSR count). The van der Waals surface area contributed by atoms with Gasteiger partial charge in [-0.1, -0.05) is 19.1 Å². The normalized spacial score (nSPS) is 10.3. The first-order valence-electron chi connectivity index (χ1n) is 7.08. The van der Waals surface area contributed by atoms with E-state index in [0.29, 0.717) is 6.61 Å². The molecule has 2 aromatic rings. The van der Waals surface area contributed by atoms with Gasteiger partial charge in [0, 0.05) is 18.3 Å². The van der Waals surface area contributed by atoms with Crippen molar-refractivity contribution in [3.63, 3.8) is 0 Å². The zero-order chi connectivity index (χ0) is 14.4. The summed E-state index contributed by atoms with van der Waals surface area (Å²) in [5, 5.41) is 3.33. The lowest BCUT2D eigenvalue weighted by Crippen LogP contribution is -2.07. The van der Waals surface area contributed by atoms with Gasteiger partial charge in [-0.2, -0.15) is 0 Å². The lowest BCUT2D eigenvalue weighted by Gasteiger charge is -2.12. The van der Waals surface area contributed by atoms with E-state index in [1.54, 1.807) is 6.20 Å². The number of pyridine rings is 1. The summed E-state index contributed by atoms with van der Waals surface area (Å²) in [5.74, 6) is 1.82. The van der Waals surface area contributed by atoms with Crippen LogP contribution in [-0.4, -0.2) is 11.5 Å². The Hall–Kier alpha value is -2.03. The molecule has 0 bridgehead atoms. The summed E-state index contributed by atoms with van der Waals surface area (Å²) in [6.07, 6.45) is 2.88.